The van der Waals surface area contributed by atoms with Crippen molar-refractivity contribution in [1.29, 1.82) is 0 Å². The van der Waals surface area contributed by atoms with Crippen molar-refractivity contribution < 1.29 is 17.9 Å². The molecule has 0 radical (unpaired) electrons. The van der Waals surface area contributed by atoms with Gasteiger partial charge in [0.15, 0.2) is 10.8 Å². The minimum atomic E-state index is -4.03. The van der Waals surface area contributed by atoms with Crippen molar-refractivity contribution in [1.82, 2.24) is 10.1 Å². The summed E-state index contributed by atoms with van der Waals surface area (Å²) in [6.45, 7) is 3.70. The van der Waals surface area contributed by atoms with E-state index in [2.05, 4.69) is 24.7 Å². The lowest BCUT2D eigenvalue weighted by atomic mass is 10.5. The normalized spacial score (nSPS) is 11.3. The van der Waals surface area contributed by atoms with Gasteiger partial charge in [-0.25, -0.2) is 13.1 Å². The highest BCUT2D eigenvalue weighted by Crippen LogP contribution is 2.37. The van der Waals surface area contributed by atoms with E-state index in [0.29, 0.717) is 6.54 Å². The van der Waals surface area contributed by atoms with Crippen LogP contribution in [0.5, 0.6) is 0 Å². The number of hydrogen-bond acceptors (Lipinski definition) is 9. The maximum atomic E-state index is 12.1. The third kappa shape index (κ3) is 3.28. The predicted octanol–water partition coefficient (Wildman–Crippen LogP) is 1.58. The molecule has 12 heteroatoms. The van der Waals surface area contributed by atoms with Crippen molar-refractivity contribution in [3.63, 3.8) is 0 Å². The molecule has 0 spiro atoms. The van der Waals surface area contributed by atoms with Crippen molar-refractivity contribution in [3.05, 3.63) is 22.0 Å². The fraction of sp³-hybridized carbons (Fsp3) is 0.333. The van der Waals surface area contributed by atoms with Gasteiger partial charge in [-0.2, -0.15) is 4.98 Å². The third-order valence-corrected chi connectivity index (χ3v) is 5.11. The van der Waals surface area contributed by atoms with Crippen molar-refractivity contribution in [2.24, 2.45) is 0 Å². The van der Waals surface area contributed by atoms with E-state index in [9.17, 15) is 18.5 Å². The molecule has 2 rings (SSSR count). The van der Waals surface area contributed by atoms with Gasteiger partial charge in [0, 0.05) is 12.6 Å². The number of nitrogens with zero attached hydrogens (tertiary/aromatic N) is 3. The van der Waals surface area contributed by atoms with Crippen LogP contribution in [-0.4, -0.2) is 30.0 Å². The van der Waals surface area contributed by atoms with Crippen LogP contribution in [0.3, 0.4) is 0 Å². The first-order valence-electron chi connectivity index (χ1n) is 5.68. The first-order chi connectivity index (χ1) is 9.83. The number of aryl methyl sites for hydroxylation is 1. The van der Waals surface area contributed by atoms with E-state index >= 15 is 0 Å². The highest BCUT2D eigenvalue weighted by Gasteiger charge is 2.27. The van der Waals surface area contributed by atoms with Crippen molar-refractivity contribution in [3.8, 4) is 0 Å². The summed E-state index contributed by atoms with van der Waals surface area (Å²) < 4.78 is 30.8. The molecule has 0 aromatic carbocycles. The van der Waals surface area contributed by atoms with Gasteiger partial charge < -0.3 is 9.84 Å². The van der Waals surface area contributed by atoms with Crippen LogP contribution in [0.1, 0.15) is 12.7 Å². The van der Waals surface area contributed by atoms with E-state index in [-0.39, 0.29) is 26.7 Å². The van der Waals surface area contributed by atoms with E-state index in [0.717, 1.165) is 17.4 Å². The smallest absolute Gasteiger partial charge is 0.335 e. The lowest BCUT2D eigenvalue weighted by Crippen LogP contribution is -2.11. The zero-order valence-electron chi connectivity index (χ0n) is 11.0. The van der Waals surface area contributed by atoms with Crippen LogP contribution in [-0.2, 0) is 10.0 Å². The van der Waals surface area contributed by atoms with Crippen LogP contribution in [0.2, 0.25) is 0 Å². The molecule has 0 amide bonds. The molecule has 0 bridgehead atoms. The molecule has 2 aromatic rings. The maximum Gasteiger partial charge on any atom is 0.335 e. The molecular formula is C9H11N5O5S2. The Morgan fingerprint density at radius 2 is 2.24 bits per heavy atom. The van der Waals surface area contributed by atoms with E-state index < -0.39 is 14.9 Å². The molecule has 21 heavy (non-hydrogen) atoms. The number of rotatable bonds is 6. The zero-order chi connectivity index (χ0) is 15.6. The minimum absolute atomic E-state index is 0.171. The number of nitrogens with one attached hydrogen (secondary N) is 2. The summed E-state index contributed by atoms with van der Waals surface area (Å²) in [5.74, 6) is 0.262. The van der Waals surface area contributed by atoms with E-state index in [1.54, 1.807) is 6.92 Å². The van der Waals surface area contributed by atoms with Gasteiger partial charge in [-0.3, -0.25) is 10.1 Å². The zero-order valence-corrected chi connectivity index (χ0v) is 12.6. The Morgan fingerprint density at radius 3 is 2.76 bits per heavy atom. The first-order valence-corrected chi connectivity index (χ1v) is 7.98. The van der Waals surface area contributed by atoms with Crippen molar-refractivity contribution in [2.75, 3.05) is 16.6 Å². The van der Waals surface area contributed by atoms with Crippen LogP contribution in [0, 0.1) is 17.0 Å². The van der Waals surface area contributed by atoms with Gasteiger partial charge >= 0.3 is 11.7 Å². The molecule has 0 aliphatic carbocycles. The summed E-state index contributed by atoms with van der Waals surface area (Å²) in [5, 5.41) is 17.3. The summed E-state index contributed by atoms with van der Waals surface area (Å²) >= 11 is 0.752. The molecule has 0 aliphatic rings. The van der Waals surface area contributed by atoms with Crippen LogP contribution < -0.4 is 10.0 Å². The summed E-state index contributed by atoms with van der Waals surface area (Å²) in [4.78, 5) is 14.0. The minimum Gasteiger partial charge on any atom is -0.372 e. The third-order valence-electron chi connectivity index (χ3n) is 2.24. The molecule has 0 atom stereocenters. The molecule has 10 nitrogen and oxygen atoms in total. The van der Waals surface area contributed by atoms with E-state index in [1.807, 2.05) is 0 Å². The van der Waals surface area contributed by atoms with Gasteiger partial charge in [-0.05, 0) is 13.8 Å². The molecule has 0 unspecified atom stereocenters. The molecule has 2 heterocycles. The summed E-state index contributed by atoms with van der Waals surface area (Å²) in [5.41, 5.74) is -0.302. The second-order valence-corrected chi connectivity index (χ2v) is 6.78. The van der Waals surface area contributed by atoms with Crippen molar-refractivity contribution in [2.45, 2.75) is 18.1 Å². The molecule has 0 saturated heterocycles. The second kappa shape index (κ2) is 5.65. The Labute approximate surface area is 123 Å². The number of hydrogen-bond donors (Lipinski definition) is 2. The van der Waals surface area contributed by atoms with Gasteiger partial charge in [-0.1, -0.05) is 16.5 Å². The Kier molecular flexibility index (Phi) is 4.09. The number of aromatic nitrogens is 2. The Hall–Kier alpha value is -2.21. The Balaban J connectivity index is 2.35. The standard InChI is InChI=1S/C9H11N5O5S2/c1-3-10-8-6(14(15)16)4-7(20-8)21(17,18)13-9-11-5(2)12-19-9/h4,10H,3H2,1-2H3,(H,11,12,13). The highest BCUT2D eigenvalue weighted by molar-refractivity contribution is 7.94. The van der Waals surface area contributed by atoms with Crippen molar-refractivity contribution >= 4 is 38.1 Å². The molecule has 0 aliphatic heterocycles. The summed E-state index contributed by atoms with van der Waals surface area (Å²) in [6.07, 6.45) is 0. The molecule has 0 fully saturated rings. The second-order valence-electron chi connectivity index (χ2n) is 3.82. The van der Waals surface area contributed by atoms with E-state index in [4.69, 9.17) is 0 Å². The lowest BCUT2D eigenvalue weighted by Gasteiger charge is -1.99. The largest absolute Gasteiger partial charge is 0.372 e. The fourth-order valence-electron chi connectivity index (χ4n) is 1.42. The SMILES string of the molecule is CCNc1sc(S(=O)(=O)Nc2nc(C)no2)cc1[N+](=O)[O-]. The Morgan fingerprint density at radius 1 is 1.52 bits per heavy atom. The first kappa shape index (κ1) is 15.2. The molecular weight excluding hydrogens is 322 g/mol. The highest BCUT2D eigenvalue weighted by atomic mass is 32.2. The average Bonchev–Trinajstić information content (AvgIpc) is 2.96. The van der Waals surface area contributed by atoms with Gasteiger partial charge in [-0.15, -0.1) is 0 Å². The lowest BCUT2D eigenvalue weighted by molar-refractivity contribution is -0.383. The summed E-state index contributed by atoms with van der Waals surface area (Å²) in [7, 11) is -4.03. The predicted molar refractivity (Wildman–Crippen MR) is 75.0 cm³/mol. The topological polar surface area (TPSA) is 140 Å². The number of thiophene rings is 1. The van der Waals surface area contributed by atoms with Crippen LogP contribution >= 0.6 is 11.3 Å². The quantitative estimate of drug-likeness (QED) is 0.599. The number of nitro groups is 1. The van der Waals surface area contributed by atoms with Gasteiger partial charge in [0.05, 0.1) is 4.92 Å². The monoisotopic (exact) mass is 333 g/mol. The average molecular weight is 333 g/mol. The molecule has 2 N–H and O–H groups in total. The Bertz CT molecular complexity index is 765. The van der Waals surface area contributed by atoms with Gasteiger partial charge in [0.2, 0.25) is 0 Å². The maximum absolute atomic E-state index is 12.1. The number of anilines is 2. The summed E-state index contributed by atoms with van der Waals surface area (Å²) in [6, 6.07) is 0.683. The van der Waals surface area contributed by atoms with Crippen LogP contribution in [0.25, 0.3) is 0 Å². The fourth-order valence-corrected chi connectivity index (χ4v) is 3.74. The van der Waals surface area contributed by atoms with E-state index in [1.165, 1.54) is 6.92 Å². The number of sulfonamides is 1. The van der Waals surface area contributed by atoms with Gasteiger partial charge in [0.25, 0.3) is 10.0 Å². The van der Waals surface area contributed by atoms with Crippen LogP contribution in [0.4, 0.5) is 16.7 Å². The van der Waals surface area contributed by atoms with Gasteiger partial charge in [0.1, 0.15) is 4.21 Å². The molecule has 2 aromatic heterocycles. The molecule has 0 saturated carbocycles. The van der Waals surface area contributed by atoms with Crippen LogP contribution in [0.15, 0.2) is 14.8 Å². The molecule has 114 valence electrons.